The van der Waals surface area contributed by atoms with E-state index in [0.717, 1.165) is 44.1 Å². The Morgan fingerprint density at radius 2 is 2.30 bits per heavy atom. The van der Waals surface area contributed by atoms with Crippen molar-refractivity contribution >= 4 is 11.4 Å². The number of nitro groups is 1. The minimum Gasteiger partial charge on any atom is -0.379 e. The molecule has 1 unspecified atom stereocenters. The molecule has 0 radical (unpaired) electrons. The van der Waals surface area contributed by atoms with Gasteiger partial charge in [-0.2, -0.15) is 0 Å². The Morgan fingerprint density at radius 1 is 1.50 bits per heavy atom. The SMILES string of the molecule is CCCNc1c(CN2CCC(C)C2)cccc1[N+](=O)[O-]. The second-order valence-electron chi connectivity index (χ2n) is 5.62. The van der Waals surface area contributed by atoms with E-state index in [-0.39, 0.29) is 10.6 Å². The van der Waals surface area contributed by atoms with Gasteiger partial charge in [-0.1, -0.05) is 26.0 Å². The molecule has 2 rings (SSSR count). The largest absolute Gasteiger partial charge is 0.379 e. The van der Waals surface area contributed by atoms with Gasteiger partial charge in [0.1, 0.15) is 5.69 Å². The van der Waals surface area contributed by atoms with Crippen LogP contribution >= 0.6 is 0 Å². The van der Waals surface area contributed by atoms with Gasteiger partial charge in [0.05, 0.1) is 4.92 Å². The molecule has 0 bridgehead atoms. The highest BCUT2D eigenvalue weighted by molar-refractivity contribution is 5.66. The van der Waals surface area contributed by atoms with E-state index >= 15 is 0 Å². The van der Waals surface area contributed by atoms with E-state index in [2.05, 4.69) is 24.1 Å². The summed E-state index contributed by atoms with van der Waals surface area (Å²) in [4.78, 5) is 13.3. The van der Waals surface area contributed by atoms with Crippen molar-refractivity contribution in [1.82, 2.24) is 4.90 Å². The number of anilines is 1. The van der Waals surface area contributed by atoms with Crippen molar-refractivity contribution in [1.29, 1.82) is 0 Å². The molecule has 20 heavy (non-hydrogen) atoms. The highest BCUT2D eigenvalue weighted by Crippen LogP contribution is 2.30. The van der Waals surface area contributed by atoms with Crippen molar-refractivity contribution in [2.75, 3.05) is 25.0 Å². The Morgan fingerprint density at radius 3 is 2.90 bits per heavy atom. The highest BCUT2D eigenvalue weighted by Gasteiger charge is 2.22. The molecule has 5 heteroatoms. The number of nitrogens with one attached hydrogen (secondary N) is 1. The first-order valence-electron chi connectivity index (χ1n) is 7.34. The van der Waals surface area contributed by atoms with Gasteiger partial charge < -0.3 is 5.32 Å². The van der Waals surface area contributed by atoms with Crippen LogP contribution < -0.4 is 5.32 Å². The molecule has 1 aromatic carbocycles. The maximum Gasteiger partial charge on any atom is 0.292 e. The van der Waals surface area contributed by atoms with Gasteiger partial charge in [0.2, 0.25) is 0 Å². The molecule has 0 aliphatic carbocycles. The molecule has 1 N–H and O–H groups in total. The van der Waals surface area contributed by atoms with Crippen LogP contribution in [0.25, 0.3) is 0 Å². The predicted octanol–water partition coefficient (Wildman–Crippen LogP) is 3.26. The first-order chi connectivity index (χ1) is 9.61. The quantitative estimate of drug-likeness (QED) is 0.640. The van der Waals surface area contributed by atoms with Crippen LogP contribution in [0.1, 0.15) is 32.3 Å². The van der Waals surface area contributed by atoms with Crippen LogP contribution in [0.2, 0.25) is 0 Å². The van der Waals surface area contributed by atoms with Crippen LogP contribution in [0.15, 0.2) is 18.2 Å². The lowest BCUT2D eigenvalue weighted by Crippen LogP contribution is -2.21. The lowest BCUT2D eigenvalue weighted by molar-refractivity contribution is -0.384. The van der Waals surface area contributed by atoms with Gasteiger partial charge in [-0.15, -0.1) is 0 Å². The fourth-order valence-electron chi connectivity index (χ4n) is 2.74. The van der Waals surface area contributed by atoms with Crippen LogP contribution in [0.3, 0.4) is 0 Å². The lowest BCUT2D eigenvalue weighted by atomic mass is 10.1. The van der Waals surface area contributed by atoms with E-state index in [0.29, 0.717) is 5.69 Å². The zero-order valence-corrected chi connectivity index (χ0v) is 12.3. The average molecular weight is 277 g/mol. The predicted molar refractivity (Wildman–Crippen MR) is 80.9 cm³/mol. The van der Waals surface area contributed by atoms with Gasteiger partial charge in [0, 0.05) is 25.7 Å². The molecule has 0 amide bonds. The zero-order valence-electron chi connectivity index (χ0n) is 12.3. The Bertz CT molecular complexity index is 476. The summed E-state index contributed by atoms with van der Waals surface area (Å²) < 4.78 is 0. The number of likely N-dealkylation sites (tertiary alicyclic amines) is 1. The van der Waals surface area contributed by atoms with Crippen LogP contribution in [0.4, 0.5) is 11.4 Å². The Kier molecular flexibility index (Phi) is 4.95. The summed E-state index contributed by atoms with van der Waals surface area (Å²) in [6.07, 6.45) is 2.17. The van der Waals surface area contributed by atoms with E-state index in [1.54, 1.807) is 12.1 Å². The molecule has 1 fully saturated rings. The molecule has 1 aliphatic heterocycles. The fraction of sp³-hybridized carbons (Fsp3) is 0.600. The smallest absolute Gasteiger partial charge is 0.292 e. The van der Waals surface area contributed by atoms with Crippen molar-refractivity contribution in [2.24, 2.45) is 5.92 Å². The van der Waals surface area contributed by atoms with E-state index in [1.165, 1.54) is 6.42 Å². The molecule has 1 atom stereocenters. The number of benzene rings is 1. The third-order valence-electron chi connectivity index (χ3n) is 3.78. The zero-order chi connectivity index (χ0) is 14.5. The second-order valence-corrected chi connectivity index (χ2v) is 5.62. The van der Waals surface area contributed by atoms with Crippen molar-refractivity contribution < 1.29 is 4.92 Å². The average Bonchev–Trinajstić information content (AvgIpc) is 2.82. The molecular weight excluding hydrogens is 254 g/mol. The third kappa shape index (κ3) is 3.48. The maximum absolute atomic E-state index is 11.2. The van der Waals surface area contributed by atoms with Crippen molar-refractivity contribution in [3.8, 4) is 0 Å². The summed E-state index contributed by atoms with van der Waals surface area (Å²) in [7, 11) is 0. The van der Waals surface area contributed by atoms with Crippen LogP contribution in [-0.2, 0) is 6.54 Å². The number of rotatable bonds is 6. The lowest BCUT2D eigenvalue weighted by Gasteiger charge is -2.18. The molecule has 1 saturated heterocycles. The fourth-order valence-corrected chi connectivity index (χ4v) is 2.74. The number of para-hydroxylation sites is 1. The van der Waals surface area contributed by atoms with Gasteiger partial charge >= 0.3 is 0 Å². The first kappa shape index (κ1) is 14.8. The maximum atomic E-state index is 11.2. The normalized spacial score (nSPS) is 19.2. The molecule has 1 aromatic rings. The monoisotopic (exact) mass is 277 g/mol. The highest BCUT2D eigenvalue weighted by atomic mass is 16.6. The van der Waals surface area contributed by atoms with Crippen molar-refractivity contribution in [2.45, 2.75) is 33.2 Å². The van der Waals surface area contributed by atoms with E-state index in [9.17, 15) is 10.1 Å². The Balaban J connectivity index is 2.21. The Labute approximate surface area is 120 Å². The van der Waals surface area contributed by atoms with Gasteiger partial charge in [-0.05, 0) is 30.9 Å². The van der Waals surface area contributed by atoms with Gasteiger partial charge in [0.15, 0.2) is 0 Å². The molecule has 5 nitrogen and oxygen atoms in total. The summed E-state index contributed by atoms with van der Waals surface area (Å²) in [5.41, 5.74) is 1.91. The summed E-state index contributed by atoms with van der Waals surface area (Å²) in [5, 5.41) is 14.4. The minimum absolute atomic E-state index is 0.184. The van der Waals surface area contributed by atoms with Gasteiger partial charge in [-0.3, -0.25) is 15.0 Å². The second kappa shape index (κ2) is 6.70. The first-order valence-corrected chi connectivity index (χ1v) is 7.34. The molecule has 1 heterocycles. The molecule has 110 valence electrons. The molecule has 0 aromatic heterocycles. The minimum atomic E-state index is -0.298. The summed E-state index contributed by atoms with van der Waals surface area (Å²) >= 11 is 0. The van der Waals surface area contributed by atoms with Gasteiger partial charge in [-0.25, -0.2) is 0 Å². The molecule has 0 spiro atoms. The molecule has 0 saturated carbocycles. The van der Waals surface area contributed by atoms with Crippen LogP contribution in [0, 0.1) is 16.0 Å². The standard InChI is InChI=1S/C15H23N3O2/c1-3-8-16-15-13(5-4-6-14(15)18(19)20)11-17-9-7-12(2)10-17/h4-6,12,16H,3,7-11H2,1-2H3. The molecular formula is C15H23N3O2. The number of hydrogen-bond acceptors (Lipinski definition) is 4. The van der Waals surface area contributed by atoms with Gasteiger partial charge in [0.25, 0.3) is 5.69 Å². The van der Waals surface area contributed by atoms with E-state index in [4.69, 9.17) is 0 Å². The number of nitro benzene ring substituents is 1. The Hall–Kier alpha value is -1.62. The van der Waals surface area contributed by atoms with E-state index < -0.39 is 0 Å². The summed E-state index contributed by atoms with van der Waals surface area (Å²) in [5.74, 6) is 0.723. The van der Waals surface area contributed by atoms with Crippen LogP contribution in [-0.4, -0.2) is 29.5 Å². The third-order valence-corrected chi connectivity index (χ3v) is 3.78. The van der Waals surface area contributed by atoms with E-state index in [1.807, 2.05) is 6.07 Å². The van der Waals surface area contributed by atoms with Crippen molar-refractivity contribution in [3.05, 3.63) is 33.9 Å². The number of nitrogens with zero attached hydrogens (tertiary/aromatic N) is 2. The molecule has 1 aliphatic rings. The van der Waals surface area contributed by atoms with Crippen LogP contribution in [0.5, 0.6) is 0 Å². The number of hydrogen-bond donors (Lipinski definition) is 1. The summed E-state index contributed by atoms with van der Waals surface area (Å²) in [6.45, 7) is 8.02. The summed E-state index contributed by atoms with van der Waals surface area (Å²) in [6, 6.07) is 5.35. The topological polar surface area (TPSA) is 58.4 Å². The van der Waals surface area contributed by atoms with Crippen molar-refractivity contribution in [3.63, 3.8) is 0 Å².